The van der Waals surface area contributed by atoms with E-state index in [0.717, 1.165) is 11.3 Å². The van der Waals surface area contributed by atoms with Gasteiger partial charge in [-0.1, -0.05) is 19.1 Å². The van der Waals surface area contributed by atoms with Crippen LogP contribution in [0, 0.1) is 12.7 Å². The molecule has 0 radical (unpaired) electrons. The highest BCUT2D eigenvalue weighted by molar-refractivity contribution is 5.94. The topological polar surface area (TPSA) is 57.8 Å². The summed E-state index contributed by atoms with van der Waals surface area (Å²) in [6, 6.07) is 6.00. The van der Waals surface area contributed by atoms with Crippen molar-refractivity contribution in [1.29, 1.82) is 0 Å². The van der Waals surface area contributed by atoms with E-state index >= 15 is 0 Å². The summed E-state index contributed by atoms with van der Waals surface area (Å²) in [5, 5.41) is 2.73. The van der Waals surface area contributed by atoms with Gasteiger partial charge in [-0.05, 0) is 31.0 Å². The number of anilines is 1. The molecule has 0 fully saturated rings. The fourth-order valence-electron chi connectivity index (χ4n) is 1.95. The van der Waals surface area contributed by atoms with Crippen LogP contribution in [0.2, 0.25) is 0 Å². The lowest BCUT2D eigenvalue weighted by Crippen LogP contribution is -2.21. The highest BCUT2D eigenvalue weighted by atomic mass is 19.1. The number of nitrogens with zero attached hydrogens (tertiary/aromatic N) is 1. The Balaban J connectivity index is 2.13. The number of amides is 1. The van der Waals surface area contributed by atoms with E-state index < -0.39 is 0 Å². The van der Waals surface area contributed by atoms with Gasteiger partial charge >= 0.3 is 0 Å². The van der Waals surface area contributed by atoms with Gasteiger partial charge in [0.25, 0.3) is 0 Å². The lowest BCUT2D eigenvalue weighted by molar-refractivity contribution is -0.117. The number of rotatable bonds is 4. The van der Waals surface area contributed by atoms with Crippen LogP contribution in [0.1, 0.15) is 30.5 Å². The maximum Gasteiger partial charge on any atom is 0.234 e. The van der Waals surface area contributed by atoms with Gasteiger partial charge < -0.3 is 4.98 Å². The summed E-state index contributed by atoms with van der Waals surface area (Å²) >= 11 is 0. The predicted molar refractivity (Wildman–Crippen MR) is 71.4 cm³/mol. The number of hydrogen-bond donors (Lipinski definition) is 2. The first-order valence-corrected chi connectivity index (χ1v) is 6.18. The number of nitrogens with one attached hydrogen (secondary N) is 2. The van der Waals surface area contributed by atoms with Crippen molar-refractivity contribution in [2.24, 2.45) is 0 Å². The van der Waals surface area contributed by atoms with Gasteiger partial charge in [-0.2, -0.15) is 0 Å². The van der Waals surface area contributed by atoms with Gasteiger partial charge in [0.2, 0.25) is 11.9 Å². The molecule has 1 amide bonds. The molecule has 2 N–H and O–H groups in total. The van der Waals surface area contributed by atoms with Crippen LogP contribution in [0.5, 0.6) is 0 Å². The van der Waals surface area contributed by atoms with Crippen LogP contribution in [-0.4, -0.2) is 15.9 Å². The summed E-state index contributed by atoms with van der Waals surface area (Å²) < 4.78 is 12.9. The Morgan fingerprint density at radius 3 is 2.63 bits per heavy atom. The maximum absolute atomic E-state index is 12.9. The summed E-state index contributed by atoms with van der Waals surface area (Å²) in [6.07, 6.45) is 2.28. The smallest absolute Gasteiger partial charge is 0.234 e. The zero-order valence-corrected chi connectivity index (χ0v) is 10.9. The van der Waals surface area contributed by atoms with Crippen molar-refractivity contribution < 1.29 is 9.18 Å². The van der Waals surface area contributed by atoms with Gasteiger partial charge in [0.05, 0.1) is 5.92 Å². The molecule has 0 saturated carbocycles. The number of H-pyrrole nitrogens is 1. The summed E-state index contributed by atoms with van der Waals surface area (Å²) in [4.78, 5) is 19.1. The molecule has 4 nitrogen and oxygen atoms in total. The molecule has 2 rings (SSSR count). The number of benzene rings is 1. The molecule has 19 heavy (non-hydrogen) atoms. The summed E-state index contributed by atoms with van der Waals surface area (Å²) in [6.45, 7) is 3.78. The number of aryl methyl sites for hydroxylation is 1. The molecule has 0 unspecified atom stereocenters. The number of carbonyl (C=O) groups excluding carboxylic acids is 1. The molecule has 5 heteroatoms. The second-order valence-electron chi connectivity index (χ2n) is 4.42. The van der Waals surface area contributed by atoms with E-state index in [0.29, 0.717) is 12.4 Å². The number of imidazole rings is 1. The molecule has 1 aromatic heterocycles. The highest BCUT2D eigenvalue weighted by Gasteiger charge is 2.19. The van der Waals surface area contributed by atoms with Crippen LogP contribution in [0.3, 0.4) is 0 Å². The molecule has 1 heterocycles. The van der Waals surface area contributed by atoms with Crippen LogP contribution in [0.25, 0.3) is 0 Å². The molecule has 1 atom stereocenters. The van der Waals surface area contributed by atoms with E-state index in [1.54, 1.807) is 18.3 Å². The molecular weight excluding hydrogens is 245 g/mol. The number of aromatic nitrogens is 2. The Bertz CT molecular complexity index is 562. The molecule has 2 aromatic rings. The van der Waals surface area contributed by atoms with E-state index in [1.807, 2.05) is 13.8 Å². The molecule has 0 aliphatic carbocycles. The van der Waals surface area contributed by atoms with Gasteiger partial charge in [-0.25, -0.2) is 9.37 Å². The third-order valence-corrected chi connectivity index (χ3v) is 2.94. The van der Waals surface area contributed by atoms with Crippen molar-refractivity contribution in [2.45, 2.75) is 26.2 Å². The summed E-state index contributed by atoms with van der Waals surface area (Å²) in [5.41, 5.74) is 1.68. The molecule has 0 bridgehead atoms. The molecule has 0 saturated heterocycles. The van der Waals surface area contributed by atoms with E-state index in [4.69, 9.17) is 0 Å². The van der Waals surface area contributed by atoms with E-state index in [1.165, 1.54) is 12.1 Å². The Kier molecular flexibility index (Phi) is 3.94. The zero-order valence-electron chi connectivity index (χ0n) is 10.9. The quantitative estimate of drug-likeness (QED) is 0.888. The van der Waals surface area contributed by atoms with Crippen molar-refractivity contribution in [3.05, 3.63) is 47.5 Å². The standard InChI is InChI=1S/C14H16FN3O/c1-3-12(10-4-6-11(15)7-5-10)13(19)18-14-16-8-9(2)17-14/h4-8,12H,3H2,1-2H3,(H2,16,17,18,19)/t12-/m1/s1. The van der Waals surface area contributed by atoms with Crippen molar-refractivity contribution >= 4 is 11.9 Å². The largest absolute Gasteiger partial charge is 0.328 e. The average molecular weight is 261 g/mol. The van der Waals surface area contributed by atoms with Gasteiger partial charge in [0.1, 0.15) is 5.82 Å². The third-order valence-electron chi connectivity index (χ3n) is 2.94. The Labute approximate surface area is 111 Å². The Hall–Kier alpha value is -2.17. The molecule has 0 spiro atoms. The number of aromatic amines is 1. The monoisotopic (exact) mass is 261 g/mol. The average Bonchev–Trinajstić information content (AvgIpc) is 2.78. The number of carbonyl (C=O) groups is 1. The minimum Gasteiger partial charge on any atom is -0.328 e. The molecule has 0 aliphatic rings. The Morgan fingerprint density at radius 1 is 1.42 bits per heavy atom. The summed E-state index contributed by atoms with van der Waals surface area (Å²) in [7, 11) is 0. The number of hydrogen-bond acceptors (Lipinski definition) is 2. The third kappa shape index (κ3) is 3.19. The molecule has 0 aliphatic heterocycles. The first-order chi connectivity index (χ1) is 9.10. The fourth-order valence-corrected chi connectivity index (χ4v) is 1.95. The van der Waals surface area contributed by atoms with Crippen molar-refractivity contribution in [3.63, 3.8) is 0 Å². The minimum atomic E-state index is -0.314. The van der Waals surface area contributed by atoms with Crippen molar-refractivity contribution in [2.75, 3.05) is 5.32 Å². The van der Waals surface area contributed by atoms with Crippen LogP contribution in [0.15, 0.2) is 30.5 Å². The van der Waals surface area contributed by atoms with Crippen molar-refractivity contribution in [3.8, 4) is 0 Å². The second kappa shape index (κ2) is 5.65. The predicted octanol–water partition coefficient (Wildman–Crippen LogP) is 2.99. The normalized spacial score (nSPS) is 12.2. The fraction of sp³-hybridized carbons (Fsp3) is 0.286. The van der Waals surface area contributed by atoms with E-state index in [-0.39, 0.29) is 17.6 Å². The van der Waals surface area contributed by atoms with Gasteiger partial charge in [0.15, 0.2) is 0 Å². The van der Waals surface area contributed by atoms with Crippen molar-refractivity contribution in [1.82, 2.24) is 9.97 Å². The van der Waals surface area contributed by atoms with Crippen LogP contribution in [0.4, 0.5) is 10.3 Å². The highest BCUT2D eigenvalue weighted by Crippen LogP contribution is 2.21. The Morgan fingerprint density at radius 2 is 2.11 bits per heavy atom. The molecular formula is C14H16FN3O. The van der Waals surface area contributed by atoms with Crippen LogP contribution >= 0.6 is 0 Å². The first-order valence-electron chi connectivity index (χ1n) is 6.18. The van der Waals surface area contributed by atoms with E-state index in [2.05, 4.69) is 15.3 Å². The SMILES string of the molecule is CC[C@@H](C(=O)Nc1ncc(C)[nH]1)c1ccc(F)cc1. The summed E-state index contributed by atoms with van der Waals surface area (Å²) in [5.74, 6) is -0.335. The van der Waals surface area contributed by atoms with E-state index in [9.17, 15) is 9.18 Å². The van der Waals surface area contributed by atoms with Crippen LogP contribution in [-0.2, 0) is 4.79 Å². The van der Waals surface area contributed by atoms with Crippen LogP contribution < -0.4 is 5.32 Å². The lowest BCUT2D eigenvalue weighted by Gasteiger charge is -2.14. The maximum atomic E-state index is 12.9. The molecule has 1 aromatic carbocycles. The lowest BCUT2D eigenvalue weighted by atomic mass is 9.96. The second-order valence-corrected chi connectivity index (χ2v) is 4.42. The van der Waals surface area contributed by atoms with Gasteiger partial charge in [0, 0.05) is 11.9 Å². The zero-order chi connectivity index (χ0) is 13.8. The van der Waals surface area contributed by atoms with Gasteiger partial charge in [-0.15, -0.1) is 0 Å². The number of halogens is 1. The van der Waals surface area contributed by atoms with Gasteiger partial charge in [-0.3, -0.25) is 10.1 Å². The first kappa shape index (κ1) is 13.3. The molecule has 100 valence electrons. The minimum absolute atomic E-state index is 0.150.